The van der Waals surface area contributed by atoms with Crippen LogP contribution < -0.4 is 15.2 Å². The van der Waals surface area contributed by atoms with Crippen molar-refractivity contribution in [2.45, 2.75) is 26.8 Å². The zero-order valence-corrected chi connectivity index (χ0v) is 13.8. The van der Waals surface area contributed by atoms with E-state index in [1.165, 1.54) is 0 Å². The average Bonchev–Trinajstić information content (AvgIpc) is 2.27. The van der Waals surface area contributed by atoms with Gasteiger partial charge in [-0.3, -0.25) is 0 Å². The van der Waals surface area contributed by atoms with Crippen molar-refractivity contribution >= 4 is 28.3 Å². The van der Waals surface area contributed by atoms with Crippen molar-refractivity contribution < 1.29 is 9.47 Å². The maximum atomic E-state index is 6.24. The molecule has 1 rings (SSSR count). The van der Waals surface area contributed by atoms with Gasteiger partial charge in [-0.25, -0.2) is 0 Å². The molecule has 1 aromatic carbocycles. The molecule has 1 aromatic rings. The normalized spacial score (nSPS) is 12.6. The Morgan fingerprint density at radius 2 is 1.50 bits per heavy atom. The van der Waals surface area contributed by atoms with E-state index in [0.717, 1.165) is 21.5 Å². The second kappa shape index (κ2) is 6.64. The van der Waals surface area contributed by atoms with Crippen molar-refractivity contribution in [1.29, 1.82) is 0 Å². The molecule has 0 fully saturated rings. The van der Waals surface area contributed by atoms with Crippen molar-refractivity contribution in [3.63, 3.8) is 0 Å². The van der Waals surface area contributed by atoms with E-state index >= 15 is 0 Å². The molecule has 0 aliphatic heterocycles. The molecule has 0 saturated carbocycles. The molecule has 3 nitrogen and oxygen atoms in total. The molecule has 1 atom stereocenters. The van der Waals surface area contributed by atoms with E-state index in [1.54, 1.807) is 14.2 Å². The lowest BCUT2D eigenvalue weighted by molar-refractivity contribution is 0.323. The summed E-state index contributed by atoms with van der Waals surface area (Å²) < 4.78 is 11.4. The molecule has 104 valence electrons. The lowest BCUT2D eigenvalue weighted by Gasteiger charge is -2.28. The lowest BCUT2D eigenvalue weighted by Crippen LogP contribution is -2.26. The molecular formula is C13H21BrClNO2. The Kier molecular flexibility index (Phi) is 6.47. The standard InChI is InChI=1S/C13H20BrNO2.ClH/c1-13(2,3)12(15)8-6-9(16-4)11(14)10(7-8)17-5;/h6-7,12H,15H2,1-5H3;1H/t12-;/m0./s1. The molecule has 0 heterocycles. The summed E-state index contributed by atoms with van der Waals surface area (Å²) in [4.78, 5) is 0. The van der Waals surface area contributed by atoms with Crippen molar-refractivity contribution in [3.05, 3.63) is 22.2 Å². The Labute approximate surface area is 124 Å². The van der Waals surface area contributed by atoms with Gasteiger partial charge in [-0.2, -0.15) is 0 Å². The molecule has 0 radical (unpaired) electrons. The third-order valence-corrected chi connectivity index (χ3v) is 3.54. The maximum Gasteiger partial charge on any atom is 0.137 e. The molecule has 0 spiro atoms. The topological polar surface area (TPSA) is 44.5 Å². The Hall–Kier alpha value is -0.450. The van der Waals surface area contributed by atoms with Crippen LogP contribution in [0.5, 0.6) is 11.5 Å². The van der Waals surface area contributed by atoms with Gasteiger partial charge in [0.15, 0.2) is 0 Å². The van der Waals surface area contributed by atoms with Gasteiger partial charge in [0, 0.05) is 6.04 Å². The number of benzene rings is 1. The minimum atomic E-state index is -0.0709. The SMILES string of the molecule is COc1cc([C@H](N)C(C)(C)C)cc(OC)c1Br.Cl. The van der Waals surface area contributed by atoms with Crippen LogP contribution in [-0.4, -0.2) is 14.2 Å². The number of hydrogen-bond acceptors (Lipinski definition) is 3. The van der Waals surface area contributed by atoms with E-state index in [9.17, 15) is 0 Å². The van der Waals surface area contributed by atoms with Crippen LogP contribution in [-0.2, 0) is 0 Å². The maximum absolute atomic E-state index is 6.24. The van der Waals surface area contributed by atoms with Crippen molar-refractivity contribution in [3.8, 4) is 11.5 Å². The number of halogens is 2. The number of ether oxygens (including phenoxy) is 2. The number of rotatable bonds is 3. The predicted molar refractivity (Wildman–Crippen MR) is 80.9 cm³/mol. The number of hydrogen-bond donors (Lipinski definition) is 1. The van der Waals surface area contributed by atoms with E-state index in [2.05, 4.69) is 36.7 Å². The Bertz CT molecular complexity index is 379. The summed E-state index contributed by atoms with van der Waals surface area (Å²) in [6, 6.07) is 3.82. The van der Waals surface area contributed by atoms with E-state index in [-0.39, 0.29) is 23.9 Å². The summed E-state index contributed by atoms with van der Waals surface area (Å²) in [5, 5.41) is 0. The van der Waals surface area contributed by atoms with Gasteiger partial charge in [0.1, 0.15) is 16.0 Å². The highest BCUT2D eigenvalue weighted by Crippen LogP contribution is 2.40. The second-order valence-corrected chi connectivity index (χ2v) is 5.88. The number of nitrogens with two attached hydrogens (primary N) is 1. The van der Waals surface area contributed by atoms with Gasteiger partial charge < -0.3 is 15.2 Å². The van der Waals surface area contributed by atoms with E-state index < -0.39 is 0 Å². The first kappa shape index (κ1) is 17.6. The Balaban J connectivity index is 0.00000289. The minimum Gasteiger partial charge on any atom is -0.495 e. The van der Waals surface area contributed by atoms with Crippen molar-refractivity contribution in [2.24, 2.45) is 11.1 Å². The van der Waals surface area contributed by atoms with Crippen LogP contribution in [0.3, 0.4) is 0 Å². The fraction of sp³-hybridized carbons (Fsp3) is 0.538. The van der Waals surface area contributed by atoms with Crippen LogP contribution in [0.2, 0.25) is 0 Å². The van der Waals surface area contributed by atoms with Gasteiger partial charge in [0.25, 0.3) is 0 Å². The Morgan fingerprint density at radius 1 is 1.11 bits per heavy atom. The first-order valence-corrected chi connectivity index (χ1v) is 6.27. The van der Waals surface area contributed by atoms with Crippen LogP contribution in [0.4, 0.5) is 0 Å². The zero-order chi connectivity index (χ0) is 13.2. The van der Waals surface area contributed by atoms with Gasteiger partial charge in [-0.15, -0.1) is 12.4 Å². The molecule has 18 heavy (non-hydrogen) atoms. The summed E-state index contributed by atoms with van der Waals surface area (Å²) >= 11 is 3.44. The molecule has 0 bridgehead atoms. The van der Waals surface area contributed by atoms with E-state index in [0.29, 0.717) is 0 Å². The van der Waals surface area contributed by atoms with Gasteiger partial charge in [0.05, 0.1) is 14.2 Å². The first-order valence-electron chi connectivity index (χ1n) is 5.48. The highest BCUT2D eigenvalue weighted by Gasteiger charge is 2.24. The molecule has 0 amide bonds. The molecule has 2 N–H and O–H groups in total. The smallest absolute Gasteiger partial charge is 0.137 e. The first-order chi connectivity index (χ1) is 7.81. The van der Waals surface area contributed by atoms with Gasteiger partial charge in [-0.05, 0) is 39.0 Å². The fourth-order valence-electron chi connectivity index (χ4n) is 1.57. The van der Waals surface area contributed by atoms with E-state index in [4.69, 9.17) is 15.2 Å². The van der Waals surface area contributed by atoms with Crippen molar-refractivity contribution in [2.75, 3.05) is 14.2 Å². The molecule has 0 aliphatic rings. The van der Waals surface area contributed by atoms with Gasteiger partial charge >= 0.3 is 0 Å². The van der Waals surface area contributed by atoms with E-state index in [1.807, 2.05) is 12.1 Å². The van der Waals surface area contributed by atoms with Crippen molar-refractivity contribution in [1.82, 2.24) is 0 Å². The summed E-state index contributed by atoms with van der Waals surface area (Å²) in [6.45, 7) is 6.33. The minimum absolute atomic E-state index is 0. The van der Waals surface area contributed by atoms with Crippen LogP contribution in [0.1, 0.15) is 32.4 Å². The summed E-state index contributed by atoms with van der Waals surface area (Å²) in [5.74, 6) is 1.47. The fourth-order valence-corrected chi connectivity index (χ4v) is 2.12. The van der Waals surface area contributed by atoms with Crippen LogP contribution in [0, 0.1) is 5.41 Å². The third-order valence-electron chi connectivity index (χ3n) is 2.76. The molecule has 0 saturated heterocycles. The average molecular weight is 339 g/mol. The van der Waals surface area contributed by atoms with Gasteiger partial charge in [-0.1, -0.05) is 20.8 Å². The molecule has 0 aliphatic carbocycles. The second-order valence-electron chi connectivity index (χ2n) is 5.08. The summed E-state index contributed by atoms with van der Waals surface area (Å²) in [6.07, 6.45) is 0. The van der Waals surface area contributed by atoms with Crippen LogP contribution >= 0.6 is 28.3 Å². The van der Waals surface area contributed by atoms with Gasteiger partial charge in [0.2, 0.25) is 0 Å². The lowest BCUT2D eigenvalue weighted by atomic mass is 9.83. The monoisotopic (exact) mass is 337 g/mol. The van der Waals surface area contributed by atoms with Crippen LogP contribution in [0.25, 0.3) is 0 Å². The zero-order valence-electron chi connectivity index (χ0n) is 11.4. The van der Waals surface area contributed by atoms with Crippen LogP contribution in [0.15, 0.2) is 16.6 Å². The quantitative estimate of drug-likeness (QED) is 0.908. The molecule has 0 aromatic heterocycles. The largest absolute Gasteiger partial charge is 0.495 e. The third kappa shape index (κ3) is 3.77. The molecular weight excluding hydrogens is 318 g/mol. The predicted octanol–water partition coefficient (Wildman–Crippen LogP) is 3.93. The highest BCUT2D eigenvalue weighted by atomic mass is 79.9. The summed E-state index contributed by atoms with van der Waals surface area (Å²) in [7, 11) is 3.26. The highest BCUT2D eigenvalue weighted by molar-refractivity contribution is 9.10. The summed E-state index contributed by atoms with van der Waals surface area (Å²) in [5.41, 5.74) is 7.24. The number of methoxy groups -OCH3 is 2. The molecule has 5 heteroatoms. The Morgan fingerprint density at radius 3 is 1.78 bits per heavy atom. The molecule has 0 unspecified atom stereocenters.